The maximum absolute atomic E-state index is 4.13. The smallest absolute Gasteiger partial charge is 0.0489 e. The molecule has 17 heavy (non-hydrogen) atoms. The highest BCUT2D eigenvalue weighted by atomic mass is 15.2. The Morgan fingerprint density at radius 1 is 1.06 bits per heavy atom. The van der Waals surface area contributed by atoms with E-state index in [-0.39, 0.29) is 0 Å². The predicted molar refractivity (Wildman–Crippen MR) is 76.3 cm³/mol. The summed E-state index contributed by atoms with van der Waals surface area (Å²) in [6.07, 6.45) is 4.25. The summed E-state index contributed by atoms with van der Waals surface area (Å²) >= 11 is 0. The summed E-state index contributed by atoms with van der Waals surface area (Å²) in [7, 11) is 0. The average molecular weight is 227 g/mol. The quantitative estimate of drug-likeness (QED) is 0.715. The third-order valence-corrected chi connectivity index (χ3v) is 3.26. The first-order valence-corrected chi connectivity index (χ1v) is 6.31. The van der Waals surface area contributed by atoms with Crippen molar-refractivity contribution in [2.45, 2.75) is 39.7 Å². The molecule has 1 heteroatoms. The van der Waals surface area contributed by atoms with Crippen LogP contribution in [0.15, 0.2) is 36.6 Å². The van der Waals surface area contributed by atoms with E-state index in [1.54, 1.807) is 0 Å². The van der Waals surface area contributed by atoms with Gasteiger partial charge >= 0.3 is 0 Å². The van der Waals surface area contributed by atoms with Gasteiger partial charge in [-0.1, -0.05) is 38.6 Å². The lowest BCUT2D eigenvalue weighted by Gasteiger charge is -2.34. The summed E-state index contributed by atoms with van der Waals surface area (Å²) in [5.74, 6) is 0.563. The molecule has 0 saturated heterocycles. The molecular formula is C16H21N. The minimum atomic E-state index is 0.439. The number of hydrogen-bond acceptors (Lipinski definition) is 1. The van der Waals surface area contributed by atoms with Gasteiger partial charge in [0.05, 0.1) is 0 Å². The largest absolute Gasteiger partial charge is 0.339 e. The molecule has 1 heterocycles. The van der Waals surface area contributed by atoms with E-state index in [0.717, 1.165) is 5.70 Å². The molecule has 1 aromatic rings. The van der Waals surface area contributed by atoms with Crippen LogP contribution in [0.1, 0.15) is 44.7 Å². The number of hydrogen-bond donors (Lipinski definition) is 0. The van der Waals surface area contributed by atoms with Gasteiger partial charge in [-0.25, -0.2) is 0 Å². The Labute approximate surface area is 104 Å². The molecule has 1 aliphatic heterocycles. The van der Waals surface area contributed by atoms with Crippen molar-refractivity contribution in [2.75, 3.05) is 4.90 Å². The van der Waals surface area contributed by atoms with Crippen molar-refractivity contribution in [1.82, 2.24) is 0 Å². The van der Waals surface area contributed by atoms with Gasteiger partial charge in [0.2, 0.25) is 0 Å². The topological polar surface area (TPSA) is 3.24 Å². The van der Waals surface area contributed by atoms with Gasteiger partial charge in [0.25, 0.3) is 0 Å². The normalized spacial score (nSPS) is 14.7. The number of allylic oxidation sites excluding steroid dienone is 1. The first kappa shape index (κ1) is 12.0. The molecule has 0 radical (unpaired) electrons. The number of rotatable bonds is 2. The predicted octanol–water partition coefficient (Wildman–Crippen LogP) is 4.57. The van der Waals surface area contributed by atoms with Gasteiger partial charge < -0.3 is 4.90 Å². The molecule has 90 valence electrons. The fourth-order valence-electron chi connectivity index (χ4n) is 2.30. The fourth-order valence-corrected chi connectivity index (χ4v) is 2.30. The minimum Gasteiger partial charge on any atom is -0.339 e. The molecular weight excluding hydrogens is 206 g/mol. The molecule has 0 atom stereocenters. The van der Waals surface area contributed by atoms with Crippen molar-refractivity contribution in [3.63, 3.8) is 0 Å². The van der Waals surface area contributed by atoms with E-state index in [0.29, 0.717) is 12.0 Å². The third kappa shape index (κ3) is 2.14. The standard InChI is InChI=1S/C16H21N/c1-11(2)15-9-8-14-7-6-13(5)17(12(3)4)16(14)10-15/h6-12H,5H2,1-4H3. The van der Waals surface area contributed by atoms with E-state index >= 15 is 0 Å². The molecule has 0 fully saturated rings. The van der Waals surface area contributed by atoms with Gasteiger partial charge in [-0.15, -0.1) is 0 Å². The van der Waals surface area contributed by atoms with Gasteiger partial charge in [0.1, 0.15) is 0 Å². The van der Waals surface area contributed by atoms with Crippen molar-refractivity contribution < 1.29 is 0 Å². The molecule has 1 aliphatic rings. The molecule has 0 N–H and O–H groups in total. The number of benzene rings is 1. The van der Waals surface area contributed by atoms with Crippen molar-refractivity contribution >= 4 is 11.8 Å². The van der Waals surface area contributed by atoms with Crippen LogP contribution in [0.25, 0.3) is 6.08 Å². The van der Waals surface area contributed by atoms with Crippen molar-refractivity contribution in [2.24, 2.45) is 0 Å². The summed E-state index contributed by atoms with van der Waals surface area (Å²) in [6.45, 7) is 13.0. The van der Waals surface area contributed by atoms with Crippen LogP contribution < -0.4 is 4.90 Å². The highest BCUT2D eigenvalue weighted by molar-refractivity contribution is 5.77. The second-order valence-electron chi connectivity index (χ2n) is 5.26. The molecule has 0 spiro atoms. The van der Waals surface area contributed by atoms with Crippen LogP contribution >= 0.6 is 0 Å². The molecule has 0 amide bonds. The molecule has 1 aromatic carbocycles. The number of nitrogens with zero attached hydrogens (tertiary/aromatic N) is 1. The van der Waals surface area contributed by atoms with E-state index in [9.17, 15) is 0 Å². The van der Waals surface area contributed by atoms with Crippen molar-refractivity contribution in [3.8, 4) is 0 Å². The van der Waals surface area contributed by atoms with E-state index < -0.39 is 0 Å². The first-order chi connectivity index (χ1) is 8.00. The van der Waals surface area contributed by atoms with Gasteiger partial charge in [-0.3, -0.25) is 0 Å². The molecule has 0 unspecified atom stereocenters. The van der Waals surface area contributed by atoms with E-state index in [1.165, 1.54) is 16.8 Å². The van der Waals surface area contributed by atoms with Crippen LogP contribution in [-0.2, 0) is 0 Å². The Hall–Kier alpha value is -1.50. The van der Waals surface area contributed by atoms with Crippen LogP contribution in [0.4, 0.5) is 5.69 Å². The SMILES string of the molecule is C=C1C=Cc2ccc(C(C)C)cc2N1C(C)C. The van der Waals surface area contributed by atoms with Gasteiger partial charge in [0, 0.05) is 17.4 Å². The summed E-state index contributed by atoms with van der Waals surface area (Å²) < 4.78 is 0. The third-order valence-electron chi connectivity index (χ3n) is 3.26. The maximum Gasteiger partial charge on any atom is 0.0489 e. The van der Waals surface area contributed by atoms with Crippen LogP contribution in [0.2, 0.25) is 0 Å². The monoisotopic (exact) mass is 227 g/mol. The fraction of sp³-hybridized carbons (Fsp3) is 0.375. The van der Waals surface area contributed by atoms with Gasteiger partial charge in [-0.2, -0.15) is 0 Å². The second kappa shape index (κ2) is 4.40. The summed E-state index contributed by atoms with van der Waals surface area (Å²) in [6, 6.07) is 7.17. The molecule has 0 bridgehead atoms. The zero-order valence-electron chi connectivity index (χ0n) is 11.2. The average Bonchev–Trinajstić information content (AvgIpc) is 2.27. The summed E-state index contributed by atoms with van der Waals surface area (Å²) in [4.78, 5) is 2.31. The lowest BCUT2D eigenvalue weighted by molar-refractivity contribution is 0.760. The Bertz CT molecular complexity index is 466. The Morgan fingerprint density at radius 2 is 1.76 bits per heavy atom. The highest BCUT2D eigenvalue weighted by Crippen LogP contribution is 2.34. The Morgan fingerprint density at radius 3 is 2.35 bits per heavy atom. The lowest BCUT2D eigenvalue weighted by Crippen LogP contribution is -2.30. The zero-order valence-corrected chi connectivity index (χ0v) is 11.2. The Kier molecular flexibility index (Phi) is 3.10. The van der Waals surface area contributed by atoms with E-state index in [4.69, 9.17) is 0 Å². The maximum atomic E-state index is 4.13. The van der Waals surface area contributed by atoms with Crippen LogP contribution in [-0.4, -0.2) is 6.04 Å². The first-order valence-electron chi connectivity index (χ1n) is 6.31. The van der Waals surface area contributed by atoms with Crippen LogP contribution in [0.3, 0.4) is 0 Å². The zero-order chi connectivity index (χ0) is 12.6. The minimum absolute atomic E-state index is 0.439. The second-order valence-corrected chi connectivity index (χ2v) is 5.26. The molecule has 0 saturated carbocycles. The molecule has 0 aliphatic carbocycles. The number of anilines is 1. The summed E-state index contributed by atoms with van der Waals surface area (Å²) in [5.41, 5.74) is 5.04. The molecule has 0 aromatic heterocycles. The van der Waals surface area contributed by atoms with Gasteiger partial charge in [-0.05, 0) is 43.0 Å². The van der Waals surface area contributed by atoms with Crippen molar-refractivity contribution in [3.05, 3.63) is 47.7 Å². The van der Waals surface area contributed by atoms with Crippen molar-refractivity contribution in [1.29, 1.82) is 0 Å². The molecule has 1 nitrogen and oxygen atoms in total. The van der Waals surface area contributed by atoms with E-state index in [1.807, 2.05) is 0 Å². The Balaban J connectivity index is 2.53. The summed E-state index contributed by atoms with van der Waals surface area (Å²) in [5, 5.41) is 0. The van der Waals surface area contributed by atoms with Crippen LogP contribution in [0, 0.1) is 0 Å². The van der Waals surface area contributed by atoms with E-state index in [2.05, 4.69) is 69.5 Å². The van der Waals surface area contributed by atoms with Crippen LogP contribution in [0.5, 0.6) is 0 Å². The highest BCUT2D eigenvalue weighted by Gasteiger charge is 2.19. The lowest BCUT2D eigenvalue weighted by atomic mass is 9.97. The molecule has 2 rings (SSSR count). The van der Waals surface area contributed by atoms with Gasteiger partial charge in [0.15, 0.2) is 0 Å². The number of fused-ring (bicyclic) bond motifs is 1.